The number of amides is 1. The minimum Gasteiger partial charge on any atom is -0.462 e. The SMILES string of the molecule is CCOC(=O)c1cnn(C)c1NC(=O)CCCO. The lowest BCUT2D eigenvalue weighted by Crippen LogP contribution is -2.17. The molecule has 1 amide bonds. The van der Waals surface area contributed by atoms with E-state index in [2.05, 4.69) is 10.4 Å². The van der Waals surface area contributed by atoms with Gasteiger partial charge >= 0.3 is 5.97 Å². The van der Waals surface area contributed by atoms with Crippen molar-refractivity contribution in [2.24, 2.45) is 7.05 Å². The molecule has 7 nitrogen and oxygen atoms in total. The van der Waals surface area contributed by atoms with Crippen molar-refractivity contribution in [3.8, 4) is 0 Å². The molecule has 0 bridgehead atoms. The number of hydrogen-bond donors (Lipinski definition) is 2. The molecular weight excluding hydrogens is 238 g/mol. The normalized spacial score (nSPS) is 10.2. The number of carbonyl (C=O) groups excluding carboxylic acids is 2. The number of aliphatic hydroxyl groups excluding tert-OH is 1. The maximum atomic E-state index is 11.6. The fraction of sp³-hybridized carbons (Fsp3) is 0.545. The predicted octanol–water partition coefficient (Wildman–Crippen LogP) is 0.308. The molecule has 1 rings (SSSR count). The fourth-order valence-electron chi connectivity index (χ4n) is 1.38. The average Bonchev–Trinajstić information content (AvgIpc) is 2.69. The molecule has 100 valence electrons. The van der Waals surface area contributed by atoms with Crippen LogP contribution in [-0.4, -0.2) is 40.0 Å². The Morgan fingerprint density at radius 2 is 2.28 bits per heavy atom. The molecule has 0 spiro atoms. The van der Waals surface area contributed by atoms with Crippen molar-refractivity contribution in [3.05, 3.63) is 11.8 Å². The van der Waals surface area contributed by atoms with Crippen molar-refractivity contribution in [3.63, 3.8) is 0 Å². The first kappa shape index (κ1) is 14.2. The highest BCUT2D eigenvalue weighted by molar-refractivity contribution is 6.00. The van der Waals surface area contributed by atoms with E-state index in [9.17, 15) is 9.59 Å². The van der Waals surface area contributed by atoms with Gasteiger partial charge < -0.3 is 15.2 Å². The lowest BCUT2D eigenvalue weighted by molar-refractivity contribution is -0.116. The highest BCUT2D eigenvalue weighted by Crippen LogP contribution is 2.15. The van der Waals surface area contributed by atoms with Gasteiger partial charge in [0.1, 0.15) is 11.4 Å². The molecule has 0 unspecified atom stereocenters. The average molecular weight is 255 g/mol. The Balaban J connectivity index is 2.78. The van der Waals surface area contributed by atoms with Crippen LogP contribution >= 0.6 is 0 Å². The number of nitrogens with zero attached hydrogens (tertiary/aromatic N) is 2. The van der Waals surface area contributed by atoms with Crippen LogP contribution in [0.25, 0.3) is 0 Å². The topological polar surface area (TPSA) is 93.5 Å². The predicted molar refractivity (Wildman–Crippen MR) is 64.1 cm³/mol. The number of aryl methyl sites for hydroxylation is 1. The van der Waals surface area contributed by atoms with E-state index in [4.69, 9.17) is 9.84 Å². The summed E-state index contributed by atoms with van der Waals surface area (Å²) in [4.78, 5) is 23.1. The summed E-state index contributed by atoms with van der Waals surface area (Å²) >= 11 is 0. The number of anilines is 1. The number of aromatic nitrogens is 2. The number of ether oxygens (including phenoxy) is 1. The van der Waals surface area contributed by atoms with Crippen molar-refractivity contribution in [2.45, 2.75) is 19.8 Å². The molecule has 7 heteroatoms. The number of hydrogen-bond acceptors (Lipinski definition) is 5. The Labute approximate surface area is 105 Å². The van der Waals surface area contributed by atoms with Gasteiger partial charge in [0.15, 0.2) is 0 Å². The molecule has 0 aliphatic heterocycles. The smallest absolute Gasteiger partial charge is 0.343 e. The molecular formula is C11H17N3O4. The van der Waals surface area contributed by atoms with Gasteiger partial charge in [0, 0.05) is 20.1 Å². The molecule has 0 atom stereocenters. The first-order valence-corrected chi connectivity index (χ1v) is 5.70. The lowest BCUT2D eigenvalue weighted by Gasteiger charge is -2.07. The van der Waals surface area contributed by atoms with Gasteiger partial charge in [-0.25, -0.2) is 4.79 Å². The van der Waals surface area contributed by atoms with Gasteiger partial charge in [0.25, 0.3) is 0 Å². The van der Waals surface area contributed by atoms with E-state index >= 15 is 0 Å². The molecule has 0 saturated carbocycles. The maximum absolute atomic E-state index is 11.6. The van der Waals surface area contributed by atoms with Crippen LogP contribution in [0.5, 0.6) is 0 Å². The number of rotatable bonds is 6. The summed E-state index contributed by atoms with van der Waals surface area (Å²) in [6, 6.07) is 0. The quantitative estimate of drug-likeness (QED) is 0.713. The highest BCUT2D eigenvalue weighted by atomic mass is 16.5. The zero-order valence-corrected chi connectivity index (χ0v) is 10.5. The first-order chi connectivity index (χ1) is 8.60. The van der Waals surface area contributed by atoms with E-state index in [0.717, 1.165) is 0 Å². The first-order valence-electron chi connectivity index (χ1n) is 5.70. The second-order valence-corrected chi connectivity index (χ2v) is 3.63. The van der Waals surface area contributed by atoms with Crippen LogP contribution in [0.15, 0.2) is 6.20 Å². The second kappa shape index (κ2) is 6.75. The third-order valence-corrected chi connectivity index (χ3v) is 2.25. The molecule has 0 aromatic carbocycles. The van der Waals surface area contributed by atoms with Crippen LogP contribution in [0, 0.1) is 0 Å². The second-order valence-electron chi connectivity index (χ2n) is 3.63. The van der Waals surface area contributed by atoms with Crippen LogP contribution in [0.3, 0.4) is 0 Å². The van der Waals surface area contributed by atoms with Gasteiger partial charge in [0.05, 0.1) is 12.8 Å². The van der Waals surface area contributed by atoms with Crippen molar-refractivity contribution in [1.82, 2.24) is 9.78 Å². The van der Waals surface area contributed by atoms with Crippen LogP contribution in [0.2, 0.25) is 0 Å². The third kappa shape index (κ3) is 3.56. The van der Waals surface area contributed by atoms with Gasteiger partial charge in [-0.15, -0.1) is 0 Å². The lowest BCUT2D eigenvalue weighted by atomic mass is 10.3. The Morgan fingerprint density at radius 3 is 2.89 bits per heavy atom. The van der Waals surface area contributed by atoms with Gasteiger partial charge in [-0.3, -0.25) is 9.48 Å². The molecule has 0 aliphatic carbocycles. The number of aliphatic hydroxyl groups is 1. The fourth-order valence-corrected chi connectivity index (χ4v) is 1.38. The van der Waals surface area contributed by atoms with Crippen molar-refractivity contribution in [2.75, 3.05) is 18.5 Å². The standard InChI is InChI=1S/C11H17N3O4/c1-3-18-11(17)8-7-12-14(2)10(8)13-9(16)5-4-6-15/h7,15H,3-6H2,1-2H3,(H,13,16). The van der Waals surface area contributed by atoms with Gasteiger partial charge in [-0.1, -0.05) is 0 Å². The van der Waals surface area contributed by atoms with Crippen LogP contribution in [0.4, 0.5) is 5.82 Å². The Hall–Kier alpha value is -1.89. The largest absolute Gasteiger partial charge is 0.462 e. The van der Waals surface area contributed by atoms with E-state index in [0.29, 0.717) is 12.2 Å². The zero-order chi connectivity index (χ0) is 13.5. The zero-order valence-electron chi connectivity index (χ0n) is 10.5. The van der Waals surface area contributed by atoms with Crippen molar-refractivity contribution < 1.29 is 19.4 Å². The third-order valence-electron chi connectivity index (χ3n) is 2.25. The molecule has 1 aromatic rings. The van der Waals surface area contributed by atoms with E-state index in [1.165, 1.54) is 10.9 Å². The van der Waals surface area contributed by atoms with E-state index < -0.39 is 5.97 Å². The molecule has 0 radical (unpaired) electrons. The molecule has 18 heavy (non-hydrogen) atoms. The van der Waals surface area contributed by atoms with Crippen LogP contribution in [0.1, 0.15) is 30.1 Å². The van der Waals surface area contributed by atoms with Gasteiger partial charge in [-0.05, 0) is 13.3 Å². The monoisotopic (exact) mass is 255 g/mol. The summed E-state index contributed by atoms with van der Waals surface area (Å²) in [6.45, 7) is 1.91. The van der Waals surface area contributed by atoms with Crippen molar-refractivity contribution in [1.29, 1.82) is 0 Å². The molecule has 0 aliphatic rings. The summed E-state index contributed by atoms with van der Waals surface area (Å²) in [5.41, 5.74) is 0.219. The summed E-state index contributed by atoms with van der Waals surface area (Å²) in [5, 5.41) is 15.1. The van der Waals surface area contributed by atoms with E-state index in [-0.39, 0.29) is 31.1 Å². The molecule has 1 aromatic heterocycles. The molecule has 0 saturated heterocycles. The van der Waals surface area contributed by atoms with E-state index in [1.807, 2.05) is 0 Å². The number of esters is 1. The summed E-state index contributed by atoms with van der Waals surface area (Å²) in [5.74, 6) is -0.502. The Bertz CT molecular complexity index is 428. The summed E-state index contributed by atoms with van der Waals surface area (Å²) < 4.78 is 6.25. The Kier molecular flexibility index (Phi) is 5.31. The summed E-state index contributed by atoms with van der Waals surface area (Å²) in [6.07, 6.45) is 1.90. The van der Waals surface area contributed by atoms with Gasteiger partial charge in [-0.2, -0.15) is 5.10 Å². The highest BCUT2D eigenvalue weighted by Gasteiger charge is 2.18. The van der Waals surface area contributed by atoms with Gasteiger partial charge in [0.2, 0.25) is 5.91 Å². The molecule has 0 fully saturated rings. The Morgan fingerprint density at radius 1 is 1.56 bits per heavy atom. The maximum Gasteiger partial charge on any atom is 0.343 e. The minimum atomic E-state index is -0.525. The minimum absolute atomic E-state index is 0.0520. The van der Waals surface area contributed by atoms with Crippen LogP contribution < -0.4 is 5.32 Å². The van der Waals surface area contributed by atoms with Crippen LogP contribution in [-0.2, 0) is 16.6 Å². The van der Waals surface area contributed by atoms with E-state index in [1.54, 1.807) is 14.0 Å². The van der Waals surface area contributed by atoms with Crippen molar-refractivity contribution >= 4 is 17.7 Å². The molecule has 2 N–H and O–H groups in total. The number of carbonyl (C=O) groups is 2. The number of nitrogens with one attached hydrogen (secondary N) is 1. The molecule has 1 heterocycles. The summed E-state index contributed by atoms with van der Waals surface area (Å²) in [7, 11) is 1.62.